The molecule has 3 heterocycles. The molecule has 17 nitrogen and oxygen atoms in total. The molecule has 66 heavy (non-hydrogen) atoms. The molecule has 8 rings (SSSR count). The number of rotatable bonds is 16. The van der Waals surface area contributed by atoms with Crippen molar-refractivity contribution in [1.82, 2.24) is 34.4 Å². The third-order valence-electron chi connectivity index (χ3n) is 13.0. The first-order valence-electron chi connectivity index (χ1n) is 22.7. The van der Waals surface area contributed by atoms with Gasteiger partial charge in [-0.3, -0.25) is 29.1 Å². The topological polar surface area (TPSA) is 224 Å². The van der Waals surface area contributed by atoms with Crippen LogP contribution >= 0.6 is 0 Å². The molecule has 0 spiro atoms. The lowest BCUT2D eigenvalue weighted by Gasteiger charge is -2.41. The Morgan fingerprint density at radius 1 is 0.742 bits per heavy atom. The molecule has 1 saturated heterocycles. The van der Waals surface area contributed by atoms with E-state index in [1.807, 2.05) is 65.6 Å². The number of fused-ring (bicyclic) bond motifs is 2. The summed E-state index contributed by atoms with van der Waals surface area (Å²) < 4.78 is 3.67. The van der Waals surface area contributed by atoms with Gasteiger partial charge in [0.1, 0.15) is 6.04 Å². The van der Waals surface area contributed by atoms with Crippen molar-refractivity contribution >= 4 is 35.3 Å². The number of carbonyl (C=O) groups is 4. The maximum absolute atomic E-state index is 14.1. The van der Waals surface area contributed by atoms with E-state index in [0.717, 1.165) is 34.2 Å². The second-order valence-corrected chi connectivity index (χ2v) is 17.4. The van der Waals surface area contributed by atoms with Crippen molar-refractivity contribution in [3.05, 3.63) is 147 Å². The zero-order chi connectivity index (χ0) is 46.2. The van der Waals surface area contributed by atoms with E-state index in [2.05, 4.69) is 25.8 Å². The fourth-order valence-corrected chi connectivity index (χ4v) is 9.78. The minimum Gasteiger partial charge on any atom is -0.370 e. The summed E-state index contributed by atoms with van der Waals surface area (Å²) in [5.41, 5.74) is 13.7. The third kappa shape index (κ3) is 10.0. The highest BCUT2D eigenvalue weighted by Gasteiger charge is 2.41. The molecular weight excluding hydrogens is 839 g/mol. The van der Waals surface area contributed by atoms with Crippen molar-refractivity contribution < 1.29 is 19.2 Å². The Morgan fingerprint density at radius 2 is 1.33 bits per heavy atom. The van der Waals surface area contributed by atoms with E-state index in [-0.39, 0.29) is 68.6 Å². The van der Waals surface area contributed by atoms with Gasteiger partial charge in [0.05, 0.1) is 17.4 Å². The summed E-state index contributed by atoms with van der Waals surface area (Å²) in [5, 5.41) is 8.85. The summed E-state index contributed by atoms with van der Waals surface area (Å²) in [7, 11) is 0. The monoisotopic (exact) mass is 895 g/mol. The van der Waals surface area contributed by atoms with E-state index in [1.54, 1.807) is 48.5 Å². The lowest BCUT2D eigenvalue weighted by Crippen LogP contribution is -2.51. The fraction of sp³-hybridized carbons (Fsp3) is 0.367. The highest BCUT2D eigenvalue weighted by atomic mass is 16.2. The van der Waals surface area contributed by atoms with Crippen LogP contribution in [0.1, 0.15) is 78.9 Å². The summed E-state index contributed by atoms with van der Waals surface area (Å²) in [6, 6.07) is 32.1. The molecule has 2 aliphatic heterocycles. The van der Waals surface area contributed by atoms with Gasteiger partial charge in [-0.25, -0.2) is 14.2 Å². The number of carbonyl (C=O) groups excluding carboxylic acids is 4. The quantitative estimate of drug-likeness (QED) is 0.0556. The molecule has 0 radical (unpaired) electrons. The molecule has 2 fully saturated rings. The molecule has 2 atom stereocenters. The molecule has 344 valence electrons. The predicted molar refractivity (Wildman–Crippen MR) is 251 cm³/mol. The number of guanidine groups is 1. The second-order valence-electron chi connectivity index (χ2n) is 17.4. The number of hydrogen-bond acceptors (Lipinski definition) is 8. The first kappa shape index (κ1) is 45.3. The maximum atomic E-state index is 14.1. The molecule has 5 aromatic rings. The first-order valence-corrected chi connectivity index (χ1v) is 22.7. The SMILES string of the molecule is NC(N)=NCCC[C@@H](NC(=O)CC1(CC(=O)N2CCN([C@@H]3c4ccccc4NC(=O)c4ccccc43)CC2)CCCC1)C(=O)NCCn1c(=O)n(-c2ccccc2)n(-c2ccccc2)c1=O. The smallest absolute Gasteiger partial charge is 0.352 e. The lowest BCUT2D eigenvalue weighted by molar-refractivity contribution is -0.137. The van der Waals surface area contributed by atoms with Crippen LogP contribution in [-0.4, -0.2) is 98.6 Å². The van der Waals surface area contributed by atoms with Crippen molar-refractivity contribution in [3.8, 4) is 11.4 Å². The molecule has 7 N–H and O–H groups in total. The van der Waals surface area contributed by atoms with Crippen LogP contribution in [0, 0.1) is 5.41 Å². The fourth-order valence-electron chi connectivity index (χ4n) is 9.78. The van der Waals surface area contributed by atoms with E-state index < -0.39 is 28.7 Å². The normalized spacial score (nSPS) is 17.1. The largest absolute Gasteiger partial charge is 0.370 e. The van der Waals surface area contributed by atoms with Crippen LogP contribution in [0.15, 0.2) is 124 Å². The number of nitrogens with zero attached hydrogens (tertiary/aromatic N) is 6. The van der Waals surface area contributed by atoms with Gasteiger partial charge in [0.15, 0.2) is 5.96 Å². The molecule has 3 aliphatic rings. The molecule has 1 aliphatic carbocycles. The highest BCUT2D eigenvalue weighted by molar-refractivity contribution is 6.07. The molecule has 0 bridgehead atoms. The number of anilines is 1. The van der Waals surface area contributed by atoms with Crippen molar-refractivity contribution in [2.24, 2.45) is 21.9 Å². The van der Waals surface area contributed by atoms with Gasteiger partial charge in [-0.2, -0.15) is 9.36 Å². The van der Waals surface area contributed by atoms with Crippen molar-refractivity contribution in [3.63, 3.8) is 0 Å². The Labute approximate surface area is 382 Å². The first-order chi connectivity index (χ1) is 32.0. The molecule has 0 unspecified atom stereocenters. The van der Waals surface area contributed by atoms with Gasteiger partial charge < -0.3 is 32.3 Å². The van der Waals surface area contributed by atoms with Gasteiger partial charge in [-0.15, -0.1) is 0 Å². The average Bonchev–Trinajstić information content (AvgIpc) is 3.84. The van der Waals surface area contributed by atoms with E-state index in [4.69, 9.17) is 11.5 Å². The number of aromatic nitrogens is 3. The number of aliphatic imine (C=N–C) groups is 1. The summed E-state index contributed by atoms with van der Waals surface area (Å²) >= 11 is 0. The Hall–Kier alpha value is -7.27. The van der Waals surface area contributed by atoms with Gasteiger partial charge in [0.2, 0.25) is 17.7 Å². The van der Waals surface area contributed by atoms with Gasteiger partial charge in [0.25, 0.3) is 5.91 Å². The number of amides is 4. The zero-order valence-corrected chi connectivity index (χ0v) is 36.9. The van der Waals surface area contributed by atoms with Crippen molar-refractivity contribution in [2.45, 2.75) is 70.0 Å². The number of nitrogens with two attached hydrogens (primary N) is 2. The van der Waals surface area contributed by atoms with E-state index in [9.17, 15) is 28.8 Å². The Morgan fingerprint density at radius 3 is 1.97 bits per heavy atom. The van der Waals surface area contributed by atoms with Gasteiger partial charge >= 0.3 is 11.4 Å². The summed E-state index contributed by atoms with van der Waals surface area (Å²) in [5.74, 6) is -1.06. The number of nitrogens with one attached hydrogen (secondary N) is 3. The highest BCUT2D eigenvalue weighted by Crippen LogP contribution is 2.45. The molecule has 17 heteroatoms. The summed E-state index contributed by atoms with van der Waals surface area (Å²) in [6.45, 7) is 2.27. The van der Waals surface area contributed by atoms with E-state index in [0.29, 0.717) is 62.4 Å². The van der Waals surface area contributed by atoms with Gasteiger partial charge in [0, 0.05) is 69.9 Å². The van der Waals surface area contributed by atoms with Gasteiger partial charge in [-0.1, -0.05) is 85.6 Å². The Bertz CT molecular complexity index is 2620. The second kappa shape index (κ2) is 20.3. The summed E-state index contributed by atoms with van der Waals surface area (Å²) in [4.78, 5) is 91.0. The zero-order valence-electron chi connectivity index (χ0n) is 36.9. The van der Waals surface area contributed by atoms with Crippen LogP contribution in [0.3, 0.4) is 0 Å². The number of benzene rings is 4. The molecule has 1 aromatic heterocycles. The standard InChI is InChI=1S/C49H57N11O6/c50-46(51)53-25-13-22-40(45(64)52-26-27-58-47(65)59(34-14-3-1-4-15-34)60(48(58)66)35-16-5-2-6-17-35)54-41(61)32-49(23-11-12-24-49)33-42(62)56-28-30-57(31-29-56)43-36-18-7-8-19-37(36)44(63)55-39-21-10-9-20-38(39)43/h1-10,14-21,40,43H,11-13,22-33H2,(H,52,64)(H,54,61)(H,55,63)(H4,50,51,53)/t40-,43+/m1/s1. The van der Waals surface area contributed by atoms with E-state index >= 15 is 0 Å². The van der Waals surface area contributed by atoms with Crippen LogP contribution < -0.4 is 38.8 Å². The van der Waals surface area contributed by atoms with Crippen molar-refractivity contribution in [2.75, 3.05) is 44.6 Å². The number of piperazine rings is 1. The lowest BCUT2D eigenvalue weighted by atomic mass is 9.78. The van der Waals surface area contributed by atoms with Crippen molar-refractivity contribution in [1.29, 1.82) is 0 Å². The Balaban J connectivity index is 0.914. The number of para-hydroxylation sites is 3. The average molecular weight is 896 g/mol. The van der Waals surface area contributed by atoms with Crippen LogP contribution in [0.25, 0.3) is 11.4 Å². The molecule has 4 amide bonds. The molecule has 1 saturated carbocycles. The van der Waals surface area contributed by atoms with Gasteiger partial charge in [-0.05, 0) is 78.6 Å². The maximum Gasteiger partial charge on any atom is 0.352 e. The summed E-state index contributed by atoms with van der Waals surface area (Å²) in [6.07, 6.45) is 4.10. The number of hydrogen-bond donors (Lipinski definition) is 5. The molecule has 4 aromatic carbocycles. The minimum absolute atomic E-state index is 0.00273. The van der Waals surface area contributed by atoms with Crippen LogP contribution in [-0.2, 0) is 20.9 Å². The van der Waals surface area contributed by atoms with Crippen LogP contribution in [0.4, 0.5) is 5.69 Å². The minimum atomic E-state index is -0.967. The predicted octanol–water partition coefficient (Wildman–Crippen LogP) is 3.28. The van der Waals surface area contributed by atoms with Crippen LogP contribution in [0.5, 0.6) is 0 Å². The van der Waals surface area contributed by atoms with Crippen LogP contribution in [0.2, 0.25) is 0 Å². The van der Waals surface area contributed by atoms with E-state index in [1.165, 1.54) is 9.36 Å². The molecular formula is C49H57N11O6. The Kier molecular flexibility index (Phi) is 13.9. The third-order valence-corrected chi connectivity index (χ3v) is 13.0.